The summed E-state index contributed by atoms with van der Waals surface area (Å²) in [5, 5.41) is 6.70. The van der Waals surface area contributed by atoms with Crippen LogP contribution in [0.2, 0.25) is 10.0 Å². The zero-order valence-electron chi connectivity index (χ0n) is 11.2. The molecule has 0 heterocycles. The van der Waals surface area contributed by atoms with E-state index < -0.39 is 11.7 Å². The predicted molar refractivity (Wildman–Crippen MR) is 79.2 cm³/mol. The summed E-state index contributed by atoms with van der Waals surface area (Å²) in [7, 11) is 0. The number of halogens is 2. The molecule has 4 nitrogen and oxygen atoms in total. The third kappa shape index (κ3) is 6.03. The highest BCUT2D eigenvalue weighted by Gasteiger charge is 2.15. The Morgan fingerprint density at radius 1 is 1.26 bits per heavy atom. The molecule has 0 aliphatic heterocycles. The number of anilines is 1. The van der Waals surface area contributed by atoms with Gasteiger partial charge >= 0.3 is 6.09 Å². The Morgan fingerprint density at radius 3 is 2.58 bits per heavy atom. The van der Waals surface area contributed by atoms with E-state index in [4.69, 9.17) is 27.9 Å². The van der Waals surface area contributed by atoms with Gasteiger partial charge in [-0.1, -0.05) is 29.3 Å². The minimum Gasteiger partial charge on any atom is -0.444 e. The number of alkyl carbamates (subject to hydrolysis) is 1. The summed E-state index contributed by atoms with van der Waals surface area (Å²) in [6, 6.07) is 5.34. The Labute approximate surface area is 123 Å². The van der Waals surface area contributed by atoms with Crippen molar-refractivity contribution in [2.75, 3.05) is 18.4 Å². The van der Waals surface area contributed by atoms with Crippen LogP contribution in [-0.4, -0.2) is 24.8 Å². The molecule has 0 fully saturated rings. The lowest BCUT2D eigenvalue weighted by Gasteiger charge is -2.19. The van der Waals surface area contributed by atoms with Crippen molar-refractivity contribution in [1.29, 1.82) is 0 Å². The maximum absolute atomic E-state index is 11.4. The molecule has 2 N–H and O–H groups in total. The van der Waals surface area contributed by atoms with Crippen LogP contribution < -0.4 is 10.6 Å². The van der Waals surface area contributed by atoms with E-state index in [9.17, 15) is 4.79 Å². The largest absolute Gasteiger partial charge is 0.444 e. The Hall–Kier alpha value is -1.13. The van der Waals surface area contributed by atoms with Gasteiger partial charge in [-0.2, -0.15) is 0 Å². The molecular formula is C13H18Cl2N2O2. The third-order valence-electron chi connectivity index (χ3n) is 2.06. The van der Waals surface area contributed by atoms with Gasteiger partial charge in [-0.15, -0.1) is 0 Å². The quantitative estimate of drug-likeness (QED) is 0.829. The fourth-order valence-electron chi connectivity index (χ4n) is 1.32. The van der Waals surface area contributed by atoms with Gasteiger partial charge in [-0.05, 0) is 32.9 Å². The number of benzene rings is 1. The van der Waals surface area contributed by atoms with Gasteiger partial charge in [0, 0.05) is 13.1 Å². The first-order valence-corrected chi connectivity index (χ1v) is 6.70. The third-order valence-corrected chi connectivity index (χ3v) is 2.88. The van der Waals surface area contributed by atoms with Crippen LogP contribution in [0.3, 0.4) is 0 Å². The van der Waals surface area contributed by atoms with E-state index in [1.807, 2.05) is 26.8 Å². The molecule has 0 aliphatic carbocycles. The predicted octanol–water partition coefficient (Wildman–Crippen LogP) is 3.93. The van der Waals surface area contributed by atoms with Crippen LogP contribution in [0.4, 0.5) is 10.5 Å². The minimum atomic E-state index is -0.492. The highest BCUT2D eigenvalue weighted by atomic mass is 35.5. The molecule has 0 spiro atoms. The van der Waals surface area contributed by atoms with Crippen molar-refractivity contribution in [2.24, 2.45) is 0 Å². The Kier molecular flexibility index (Phi) is 5.76. The van der Waals surface area contributed by atoms with Gasteiger partial charge in [0.1, 0.15) is 5.60 Å². The second-order valence-electron chi connectivity index (χ2n) is 4.96. The maximum atomic E-state index is 11.4. The van der Waals surface area contributed by atoms with Crippen molar-refractivity contribution >= 4 is 35.0 Å². The lowest BCUT2D eigenvalue weighted by atomic mass is 10.2. The number of ether oxygens (including phenoxy) is 1. The first-order valence-electron chi connectivity index (χ1n) is 5.94. The molecule has 1 aromatic carbocycles. The average Bonchev–Trinajstić information content (AvgIpc) is 2.27. The fraction of sp³-hybridized carbons (Fsp3) is 0.462. The van der Waals surface area contributed by atoms with Crippen LogP contribution in [0.5, 0.6) is 0 Å². The molecule has 0 saturated heterocycles. The van der Waals surface area contributed by atoms with Gasteiger partial charge in [-0.3, -0.25) is 0 Å². The number of hydrogen-bond acceptors (Lipinski definition) is 3. The van der Waals surface area contributed by atoms with Gasteiger partial charge < -0.3 is 15.4 Å². The molecular weight excluding hydrogens is 287 g/mol. The molecule has 0 aliphatic rings. The van der Waals surface area contributed by atoms with Gasteiger partial charge in [-0.25, -0.2) is 4.79 Å². The zero-order chi connectivity index (χ0) is 14.5. The van der Waals surface area contributed by atoms with E-state index in [1.165, 1.54) is 0 Å². The van der Waals surface area contributed by atoms with Crippen LogP contribution in [0.1, 0.15) is 20.8 Å². The molecule has 0 saturated carbocycles. The maximum Gasteiger partial charge on any atom is 0.407 e. The smallest absolute Gasteiger partial charge is 0.407 e. The molecule has 1 rings (SSSR count). The lowest BCUT2D eigenvalue weighted by Crippen LogP contribution is -2.35. The Bertz CT molecular complexity index is 445. The summed E-state index contributed by atoms with van der Waals surface area (Å²) in [6.07, 6.45) is -0.438. The van der Waals surface area contributed by atoms with E-state index in [0.29, 0.717) is 23.1 Å². The Balaban J connectivity index is 2.32. The van der Waals surface area contributed by atoms with E-state index in [-0.39, 0.29) is 0 Å². The molecule has 106 valence electrons. The summed E-state index contributed by atoms with van der Waals surface area (Å²) in [5.74, 6) is 0. The van der Waals surface area contributed by atoms with Crippen LogP contribution >= 0.6 is 23.2 Å². The van der Waals surface area contributed by atoms with Crippen molar-refractivity contribution in [3.8, 4) is 0 Å². The van der Waals surface area contributed by atoms with E-state index in [0.717, 1.165) is 5.69 Å². The molecule has 0 atom stereocenters. The number of rotatable bonds is 4. The topological polar surface area (TPSA) is 50.4 Å². The first kappa shape index (κ1) is 15.9. The number of carbonyl (C=O) groups excluding carboxylic acids is 1. The van der Waals surface area contributed by atoms with Crippen LogP contribution in [0.25, 0.3) is 0 Å². The number of hydrogen-bond donors (Lipinski definition) is 2. The molecule has 0 radical (unpaired) electrons. The second kappa shape index (κ2) is 6.87. The van der Waals surface area contributed by atoms with Gasteiger partial charge in [0.2, 0.25) is 0 Å². The highest BCUT2D eigenvalue weighted by Crippen LogP contribution is 2.29. The van der Waals surface area contributed by atoms with Crippen LogP contribution in [0.15, 0.2) is 18.2 Å². The standard InChI is InChI=1S/C13H18Cl2N2O2/c1-13(2,3)19-12(18)17-8-7-16-10-6-4-5-9(14)11(10)15/h4-6,16H,7-8H2,1-3H3,(H,17,18). The van der Waals surface area contributed by atoms with Crippen molar-refractivity contribution in [1.82, 2.24) is 5.32 Å². The molecule has 0 unspecified atom stereocenters. The summed E-state index contributed by atoms with van der Waals surface area (Å²) in [6.45, 7) is 6.40. The number of amides is 1. The van der Waals surface area contributed by atoms with E-state index >= 15 is 0 Å². The molecule has 0 bridgehead atoms. The number of carbonyl (C=O) groups is 1. The van der Waals surface area contributed by atoms with Gasteiger partial charge in [0.15, 0.2) is 0 Å². The van der Waals surface area contributed by atoms with Crippen molar-refractivity contribution in [3.63, 3.8) is 0 Å². The van der Waals surface area contributed by atoms with E-state index in [1.54, 1.807) is 12.1 Å². The average molecular weight is 305 g/mol. The van der Waals surface area contributed by atoms with Crippen LogP contribution in [0, 0.1) is 0 Å². The van der Waals surface area contributed by atoms with Crippen molar-refractivity contribution < 1.29 is 9.53 Å². The highest BCUT2D eigenvalue weighted by molar-refractivity contribution is 6.43. The van der Waals surface area contributed by atoms with Crippen LogP contribution in [-0.2, 0) is 4.74 Å². The molecule has 6 heteroatoms. The minimum absolute atomic E-state index is 0.428. The molecule has 1 aromatic rings. The first-order chi connectivity index (χ1) is 8.79. The zero-order valence-corrected chi connectivity index (χ0v) is 12.7. The Morgan fingerprint density at radius 2 is 1.95 bits per heavy atom. The van der Waals surface area contributed by atoms with Gasteiger partial charge in [0.05, 0.1) is 15.7 Å². The fourth-order valence-corrected chi connectivity index (χ4v) is 1.68. The summed E-state index contributed by atoms with van der Waals surface area (Å²) >= 11 is 11.9. The lowest BCUT2D eigenvalue weighted by molar-refractivity contribution is 0.0530. The number of nitrogens with one attached hydrogen (secondary N) is 2. The van der Waals surface area contributed by atoms with Crippen molar-refractivity contribution in [3.05, 3.63) is 28.2 Å². The monoisotopic (exact) mass is 304 g/mol. The SMILES string of the molecule is CC(C)(C)OC(=O)NCCNc1cccc(Cl)c1Cl. The molecule has 1 amide bonds. The molecule has 0 aromatic heterocycles. The summed E-state index contributed by atoms with van der Waals surface area (Å²) in [4.78, 5) is 11.4. The summed E-state index contributed by atoms with van der Waals surface area (Å²) in [5.41, 5.74) is 0.244. The molecule has 19 heavy (non-hydrogen) atoms. The van der Waals surface area contributed by atoms with E-state index in [2.05, 4.69) is 10.6 Å². The second-order valence-corrected chi connectivity index (χ2v) is 5.74. The van der Waals surface area contributed by atoms with Gasteiger partial charge in [0.25, 0.3) is 0 Å². The normalized spacial score (nSPS) is 11.0. The summed E-state index contributed by atoms with van der Waals surface area (Å²) < 4.78 is 5.11. The van der Waals surface area contributed by atoms with Crippen molar-refractivity contribution in [2.45, 2.75) is 26.4 Å².